The number of imidazole rings is 1. The monoisotopic (exact) mass is 392 g/mol. The third kappa shape index (κ3) is 4.24. The minimum Gasteiger partial charge on any atom is -0.341 e. The van der Waals surface area contributed by atoms with Crippen molar-refractivity contribution in [2.24, 2.45) is 0 Å². The first-order valence-corrected chi connectivity index (χ1v) is 10.1. The van der Waals surface area contributed by atoms with Crippen molar-refractivity contribution < 1.29 is 4.79 Å². The SMILES string of the molecule is Cc1ccc(NC(=O)N[C@@H]2CCN(C)[C@@H](c3nc4cc(C)c(C)cc4[nH]3)C2)cn1. The molecule has 7 nitrogen and oxygen atoms in total. The molecule has 7 heteroatoms. The zero-order valence-electron chi connectivity index (χ0n) is 17.4. The number of fused-ring (bicyclic) bond motifs is 1. The molecule has 0 bridgehead atoms. The van der Waals surface area contributed by atoms with Crippen molar-refractivity contribution in [2.45, 2.75) is 45.7 Å². The Morgan fingerprint density at radius 3 is 2.76 bits per heavy atom. The summed E-state index contributed by atoms with van der Waals surface area (Å²) in [6.45, 7) is 7.04. The maximum absolute atomic E-state index is 12.4. The Kier molecular flexibility index (Phi) is 5.24. The van der Waals surface area contributed by atoms with Crippen LogP contribution < -0.4 is 10.6 Å². The number of carbonyl (C=O) groups excluding carboxylic acids is 1. The normalized spacial score (nSPS) is 20.0. The first-order valence-electron chi connectivity index (χ1n) is 10.1. The third-order valence-corrected chi connectivity index (χ3v) is 5.81. The minimum absolute atomic E-state index is 0.0892. The van der Waals surface area contributed by atoms with Gasteiger partial charge in [-0.15, -0.1) is 0 Å². The molecule has 1 aliphatic heterocycles. The maximum atomic E-state index is 12.4. The highest BCUT2D eigenvalue weighted by Gasteiger charge is 2.30. The number of amides is 2. The first kappa shape index (κ1) is 19.4. The average molecular weight is 393 g/mol. The zero-order chi connectivity index (χ0) is 20.5. The Bertz CT molecular complexity index is 987. The molecule has 0 radical (unpaired) electrons. The Morgan fingerprint density at radius 2 is 2.00 bits per heavy atom. The number of piperidine rings is 1. The van der Waals surface area contributed by atoms with Crippen molar-refractivity contribution >= 4 is 22.8 Å². The summed E-state index contributed by atoms with van der Waals surface area (Å²) < 4.78 is 0. The van der Waals surface area contributed by atoms with Crippen LogP contribution in [0.25, 0.3) is 11.0 Å². The highest BCUT2D eigenvalue weighted by Crippen LogP contribution is 2.30. The topological polar surface area (TPSA) is 85.9 Å². The lowest BCUT2D eigenvalue weighted by molar-refractivity contribution is 0.153. The highest BCUT2D eigenvalue weighted by molar-refractivity contribution is 5.89. The second-order valence-electron chi connectivity index (χ2n) is 8.08. The van der Waals surface area contributed by atoms with E-state index in [1.54, 1.807) is 6.20 Å². The second kappa shape index (κ2) is 7.83. The van der Waals surface area contributed by atoms with E-state index in [1.807, 2.05) is 19.1 Å². The van der Waals surface area contributed by atoms with Gasteiger partial charge in [0.2, 0.25) is 0 Å². The van der Waals surface area contributed by atoms with Crippen LogP contribution in [0, 0.1) is 20.8 Å². The number of aromatic nitrogens is 3. The Hall–Kier alpha value is -2.93. The average Bonchev–Trinajstić information content (AvgIpc) is 3.08. The number of nitrogens with zero attached hydrogens (tertiary/aromatic N) is 3. The summed E-state index contributed by atoms with van der Waals surface area (Å²) in [5.41, 5.74) is 6.18. The second-order valence-corrected chi connectivity index (χ2v) is 8.08. The van der Waals surface area contributed by atoms with Gasteiger partial charge in [-0.05, 0) is 76.1 Å². The van der Waals surface area contributed by atoms with E-state index >= 15 is 0 Å². The molecule has 29 heavy (non-hydrogen) atoms. The van der Waals surface area contributed by atoms with Gasteiger partial charge in [0.05, 0.1) is 29.0 Å². The summed E-state index contributed by atoms with van der Waals surface area (Å²) in [5, 5.41) is 5.97. The number of aromatic amines is 1. The Morgan fingerprint density at radius 1 is 1.21 bits per heavy atom. The standard InChI is InChI=1S/C22H28N6O/c1-13-9-18-19(10-14(13)2)27-21(26-18)20-11-16(7-8-28(20)4)24-22(29)25-17-6-5-15(3)23-12-17/h5-6,9-10,12,16,20H,7-8,11H2,1-4H3,(H,26,27)(H2,24,25,29)/t16-,20-/m1/s1. The molecule has 3 heterocycles. The van der Waals surface area contributed by atoms with Crippen LogP contribution in [0.5, 0.6) is 0 Å². The number of rotatable bonds is 3. The predicted octanol–water partition coefficient (Wildman–Crippen LogP) is 3.84. The minimum atomic E-state index is -0.195. The van der Waals surface area contributed by atoms with Gasteiger partial charge in [-0.2, -0.15) is 0 Å². The molecule has 2 atom stereocenters. The van der Waals surface area contributed by atoms with Crippen LogP contribution in [0.4, 0.5) is 10.5 Å². The fourth-order valence-electron chi connectivity index (χ4n) is 3.88. The van der Waals surface area contributed by atoms with Gasteiger partial charge in [0.15, 0.2) is 0 Å². The van der Waals surface area contributed by atoms with E-state index in [-0.39, 0.29) is 18.1 Å². The van der Waals surface area contributed by atoms with E-state index in [9.17, 15) is 4.79 Å². The molecule has 1 saturated heterocycles. The fourth-order valence-corrected chi connectivity index (χ4v) is 3.88. The summed E-state index contributed by atoms with van der Waals surface area (Å²) in [6.07, 6.45) is 3.39. The van der Waals surface area contributed by atoms with Gasteiger partial charge in [-0.25, -0.2) is 9.78 Å². The number of aryl methyl sites for hydroxylation is 3. The first-order chi connectivity index (χ1) is 13.9. The van der Waals surface area contributed by atoms with E-state index in [2.05, 4.69) is 58.5 Å². The molecule has 3 N–H and O–H groups in total. The molecule has 0 spiro atoms. The molecule has 1 aromatic carbocycles. The lowest BCUT2D eigenvalue weighted by Crippen LogP contribution is -2.46. The lowest BCUT2D eigenvalue weighted by Gasteiger charge is -2.36. The van der Waals surface area contributed by atoms with Crippen molar-refractivity contribution in [1.82, 2.24) is 25.2 Å². The molecule has 152 valence electrons. The van der Waals surface area contributed by atoms with E-state index in [0.717, 1.165) is 41.9 Å². The summed E-state index contributed by atoms with van der Waals surface area (Å²) >= 11 is 0. The quantitative estimate of drug-likeness (QED) is 0.632. The molecule has 0 saturated carbocycles. The Labute approximate surface area is 170 Å². The Balaban J connectivity index is 1.45. The van der Waals surface area contributed by atoms with E-state index in [0.29, 0.717) is 5.69 Å². The van der Waals surface area contributed by atoms with Crippen molar-refractivity contribution in [2.75, 3.05) is 18.9 Å². The fraction of sp³-hybridized carbons (Fsp3) is 0.409. The molecule has 4 rings (SSSR count). The number of pyridine rings is 1. The summed E-state index contributed by atoms with van der Waals surface area (Å²) in [5.74, 6) is 0.960. The smallest absolute Gasteiger partial charge is 0.319 e. The number of benzene rings is 1. The van der Waals surface area contributed by atoms with Crippen LogP contribution in [0.1, 0.15) is 41.5 Å². The summed E-state index contributed by atoms with van der Waals surface area (Å²) in [4.78, 5) is 27.3. The van der Waals surface area contributed by atoms with E-state index < -0.39 is 0 Å². The molecule has 0 unspecified atom stereocenters. The van der Waals surface area contributed by atoms with Crippen molar-refractivity contribution in [3.05, 3.63) is 53.1 Å². The maximum Gasteiger partial charge on any atom is 0.319 e. The molecule has 1 aliphatic rings. The van der Waals surface area contributed by atoms with Gasteiger partial charge in [-0.1, -0.05) is 0 Å². The van der Waals surface area contributed by atoms with Gasteiger partial charge in [0.1, 0.15) is 5.82 Å². The van der Waals surface area contributed by atoms with Gasteiger partial charge < -0.3 is 15.6 Å². The summed E-state index contributed by atoms with van der Waals surface area (Å²) in [7, 11) is 2.11. The molecule has 3 aromatic rings. The third-order valence-electron chi connectivity index (χ3n) is 5.81. The van der Waals surface area contributed by atoms with Gasteiger partial charge in [-0.3, -0.25) is 9.88 Å². The van der Waals surface area contributed by atoms with Crippen LogP contribution in [0.3, 0.4) is 0 Å². The van der Waals surface area contributed by atoms with Crippen molar-refractivity contribution in [3.8, 4) is 0 Å². The number of hydrogen-bond donors (Lipinski definition) is 3. The van der Waals surface area contributed by atoms with Crippen LogP contribution in [0.2, 0.25) is 0 Å². The van der Waals surface area contributed by atoms with Crippen LogP contribution in [-0.4, -0.2) is 45.5 Å². The number of hydrogen-bond acceptors (Lipinski definition) is 4. The van der Waals surface area contributed by atoms with E-state index in [4.69, 9.17) is 4.98 Å². The molecular formula is C22H28N6O. The largest absolute Gasteiger partial charge is 0.341 e. The number of H-pyrrole nitrogens is 1. The highest BCUT2D eigenvalue weighted by atomic mass is 16.2. The molecule has 1 fully saturated rings. The number of likely N-dealkylation sites (tertiary alicyclic amines) is 1. The van der Waals surface area contributed by atoms with Gasteiger partial charge >= 0.3 is 6.03 Å². The molecular weight excluding hydrogens is 364 g/mol. The van der Waals surface area contributed by atoms with Crippen LogP contribution in [-0.2, 0) is 0 Å². The van der Waals surface area contributed by atoms with Crippen molar-refractivity contribution in [1.29, 1.82) is 0 Å². The van der Waals surface area contributed by atoms with Crippen LogP contribution in [0.15, 0.2) is 30.5 Å². The zero-order valence-corrected chi connectivity index (χ0v) is 17.4. The lowest BCUT2D eigenvalue weighted by atomic mass is 9.97. The van der Waals surface area contributed by atoms with Crippen LogP contribution >= 0.6 is 0 Å². The van der Waals surface area contributed by atoms with Gasteiger partial charge in [0, 0.05) is 18.3 Å². The predicted molar refractivity (Wildman–Crippen MR) is 115 cm³/mol. The molecule has 2 aromatic heterocycles. The van der Waals surface area contributed by atoms with Crippen molar-refractivity contribution in [3.63, 3.8) is 0 Å². The molecule has 0 aliphatic carbocycles. The molecule has 2 amide bonds. The van der Waals surface area contributed by atoms with E-state index in [1.165, 1.54) is 11.1 Å². The number of nitrogens with one attached hydrogen (secondary N) is 3. The number of carbonyl (C=O) groups is 1. The van der Waals surface area contributed by atoms with Gasteiger partial charge in [0.25, 0.3) is 0 Å². The summed E-state index contributed by atoms with van der Waals surface area (Å²) in [6, 6.07) is 8.06. The number of anilines is 1. The number of urea groups is 1.